The summed E-state index contributed by atoms with van der Waals surface area (Å²) >= 11 is 1.87. The number of amides is 4. The van der Waals surface area contributed by atoms with Gasteiger partial charge in [-0.05, 0) is 93.7 Å². The van der Waals surface area contributed by atoms with Crippen LogP contribution >= 0.6 is 22.7 Å². The molecule has 4 aromatic rings. The Labute approximate surface area is 332 Å². The average Bonchev–Trinajstić information content (AvgIpc) is 3.93. The van der Waals surface area contributed by atoms with E-state index in [1.54, 1.807) is 27.7 Å². The third kappa shape index (κ3) is 7.32. The zero-order valence-electron chi connectivity index (χ0n) is 31.0. The van der Waals surface area contributed by atoms with Gasteiger partial charge in [0.05, 0.1) is 38.9 Å². The van der Waals surface area contributed by atoms with Gasteiger partial charge in [-0.2, -0.15) is 0 Å². The molecule has 2 aromatic heterocycles. The predicted octanol–water partition coefficient (Wildman–Crippen LogP) is 5.06. The molecule has 4 amide bonds. The lowest BCUT2D eigenvalue weighted by atomic mass is 9.93. The average molecular weight is 843 g/mol. The van der Waals surface area contributed by atoms with E-state index in [-0.39, 0.29) is 20.7 Å². The van der Waals surface area contributed by atoms with Gasteiger partial charge in [-0.25, -0.2) is 38.3 Å². The molecule has 8 rings (SSSR count). The number of aliphatic hydroxyl groups is 2. The first-order valence-corrected chi connectivity index (χ1v) is 22.8. The molecular formula is C36H42N8O8S4. The number of anilines is 2. The van der Waals surface area contributed by atoms with Gasteiger partial charge in [-0.15, -0.1) is 31.4 Å². The van der Waals surface area contributed by atoms with Gasteiger partial charge in [0.25, 0.3) is 0 Å². The fourth-order valence-electron chi connectivity index (χ4n) is 7.69. The highest BCUT2D eigenvalue weighted by molar-refractivity contribution is 7.94. The Morgan fingerprint density at radius 3 is 2.00 bits per heavy atom. The van der Waals surface area contributed by atoms with E-state index in [2.05, 4.69) is 35.4 Å². The first kappa shape index (κ1) is 38.8. The number of carbonyl (C=O) groups is 2. The second-order valence-corrected chi connectivity index (χ2v) is 21.5. The topological polar surface area (TPSA) is 254 Å². The largest absolute Gasteiger partial charge is 0.491 e. The summed E-state index contributed by atoms with van der Waals surface area (Å²) in [6.45, 7) is 6.71. The van der Waals surface area contributed by atoms with Gasteiger partial charge < -0.3 is 30.3 Å². The molecule has 4 unspecified atom stereocenters. The Bertz CT molecular complexity index is 2390. The number of ether oxygens (including phenoxy) is 2. The minimum absolute atomic E-state index is 0.0115. The van der Waals surface area contributed by atoms with Crippen LogP contribution in [-0.2, 0) is 69.6 Å². The van der Waals surface area contributed by atoms with Crippen molar-refractivity contribution in [3.8, 4) is 11.5 Å². The Morgan fingerprint density at radius 1 is 0.804 bits per heavy atom. The van der Waals surface area contributed by atoms with E-state index in [1.165, 1.54) is 12.4 Å². The number of carbonyl (C=O) groups excluding carboxylic acids is 2. The molecular weight excluding hydrogens is 801 g/mol. The third-order valence-corrected chi connectivity index (χ3v) is 16.6. The van der Waals surface area contributed by atoms with Gasteiger partial charge in [0.2, 0.25) is 8.68 Å². The van der Waals surface area contributed by atoms with Crippen molar-refractivity contribution >= 4 is 65.9 Å². The van der Waals surface area contributed by atoms with Crippen LogP contribution in [0, 0.1) is 5.92 Å². The summed E-state index contributed by atoms with van der Waals surface area (Å²) in [4.78, 5) is 35.7. The molecule has 4 heterocycles. The van der Waals surface area contributed by atoms with E-state index in [0.717, 1.165) is 75.3 Å². The highest BCUT2D eigenvalue weighted by atomic mass is 32.2. The van der Waals surface area contributed by atoms with Crippen LogP contribution in [0.3, 0.4) is 0 Å². The maximum Gasteiger partial charge on any atom is 0.355 e. The highest BCUT2D eigenvalue weighted by Gasteiger charge is 2.40. The summed E-state index contributed by atoms with van der Waals surface area (Å²) in [5.74, 6) is 1.19. The molecule has 2 aliphatic carbocycles. The van der Waals surface area contributed by atoms with Crippen LogP contribution < -0.4 is 30.4 Å². The van der Waals surface area contributed by atoms with Crippen molar-refractivity contribution in [2.24, 2.45) is 24.9 Å². The first-order chi connectivity index (χ1) is 26.3. The van der Waals surface area contributed by atoms with Crippen molar-refractivity contribution in [2.45, 2.75) is 98.6 Å². The van der Waals surface area contributed by atoms with E-state index in [1.807, 2.05) is 6.07 Å². The molecule has 2 aromatic carbocycles. The monoisotopic (exact) mass is 842 g/mol. The minimum atomic E-state index is -3.72. The summed E-state index contributed by atoms with van der Waals surface area (Å²) in [6.07, 6.45) is 7.26. The van der Waals surface area contributed by atoms with Gasteiger partial charge in [-0.1, -0.05) is 6.07 Å². The third-order valence-electron chi connectivity index (χ3n) is 10.4. The standard InChI is InChI=1S/C36H42N8O8S4/c1-35(2,47)26-15-39-33(53-26)55(37,49)43-31(45)41-28-21-7-5-6-17(21)13-25-23(28)14-24(52-25)20-11-19-10-18-8-9-51-30(18)29(22(19)12-20)42-32(46)44-56(38,50)34-40-16-27(54-34)36(3,4)48/h10,13,15-16,20,24,47-48H,5-9,11-12,14H2,1-4H3,(H3,37,41,43,45,49)(H3,38,42,44,46,50). The number of rotatable bonds is 7. The highest BCUT2D eigenvalue weighted by Crippen LogP contribution is 2.48. The Hall–Kier alpha value is -4.02. The predicted molar refractivity (Wildman–Crippen MR) is 212 cm³/mol. The van der Waals surface area contributed by atoms with Crippen molar-refractivity contribution in [1.29, 1.82) is 0 Å². The number of thiazole rings is 2. The number of aromatic nitrogens is 2. The molecule has 0 saturated carbocycles. The van der Waals surface area contributed by atoms with Crippen LogP contribution in [0.1, 0.15) is 77.3 Å². The number of hydrogen-bond donors (Lipinski definition) is 6. The lowest BCUT2D eigenvalue weighted by Crippen LogP contribution is -2.25. The zero-order chi connectivity index (χ0) is 39.9. The van der Waals surface area contributed by atoms with Crippen LogP contribution in [0.25, 0.3) is 0 Å². The lowest BCUT2D eigenvalue weighted by Gasteiger charge is -2.18. The van der Waals surface area contributed by atoms with Crippen LogP contribution in [-0.4, -0.2) is 53.4 Å². The number of urea groups is 2. The molecule has 4 atom stereocenters. The Kier molecular flexibility index (Phi) is 9.59. The van der Waals surface area contributed by atoms with Crippen LogP contribution in [0.2, 0.25) is 0 Å². The maximum absolute atomic E-state index is 13.4. The minimum Gasteiger partial charge on any atom is -0.491 e. The van der Waals surface area contributed by atoms with Crippen LogP contribution in [0.5, 0.6) is 11.5 Å². The normalized spacial score (nSPS) is 20.4. The number of benzene rings is 2. The summed E-state index contributed by atoms with van der Waals surface area (Å²) in [7, 11) is -7.42. The SMILES string of the molecule is CC(C)(O)c1cnc(S(N)(=O)=NC(=O)Nc2c3c(cc4c2CC(C2Cc5cc6c(c(NC(=O)N=S(N)(=O)c7ncc(C(C)(C)O)s7)c5C2)OCC6)O4)CCC3)s1. The molecule has 0 bridgehead atoms. The smallest absolute Gasteiger partial charge is 0.355 e. The molecule has 2 aliphatic heterocycles. The van der Waals surface area contributed by atoms with E-state index in [9.17, 15) is 28.2 Å². The maximum atomic E-state index is 13.4. The zero-order valence-corrected chi connectivity index (χ0v) is 34.3. The molecule has 298 valence electrons. The van der Waals surface area contributed by atoms with Gasteiger partial charge >= 0.3 is 12.1 Å². The van der Waals surface area contributed by atoms with Gasteiger partial charge in [0.1, 0.15) is 17.6 Å². The molecule has 0 saturated heterocycles. The molecule has 16 nitrogen and oxygen atoms in total. The Balaban J connectivity index is 1.03. The number of nitrogens with zero attached hydrogens (tertiary/aromatic N) is 4. The number of nitrogens with one attached hydrogen (secondary N) is 2. The van der Waals surface area contributed by atoms with E-state index >= 15 is 0 Å². The first-order valence-electron chi connectivity index (χ1n) is 18.0. The Morgan fingerprint density at radius 2 is 1.41 bits per heavy atom. The summed E-state index contributed by atoms with van der Waals surface area (Å²) < 4.78 is 46.9. The number of nitrogens with two attached hydrogens (primary N) is 2. The van der Waals surface area contributed by atoms with Crippen molar-refractivity contribution in [3.05, 3.63) is 67.7 Å². The fourth-order valence-corrected chi connectivity index (χ4v) is 11.9. The number of aryl methyl sites for hydroxylation is 1. The number of fused-ring (bicyclic) bond motifs is 4. The van der Waals surface area contributed by atoms with Crippen molar-refractivity contribution < 1.29 is 37.7 Å². The lowest BCUT2D eigenvalue weighted by molar-refractivity contribution is 0.0817. The molecule has 0 spiro atoms. The van der Waals surface area contributed by atoms with Gasteiger partial charge in [0.15, 0.2) is 19.8 Å². The van der Waals surface area contributed by atoms with E-state index < -0.39 is 43.1 Å². The summed E-state index contributed by atoms with van der Waals surface area (Å²) in [6, 6.07) is 2.36. The van der Waals surface area contributed by atoms with Crippen molar-refractivity contribution in [1.82, 2.24) is 9.97 Å². The summed E-state index contributed by atoms with van der Waals surface area (Å²) in [5, 5.41) is 38.4. The van der Waals surface area contributed by atoms with Gasteiger partial charge in [0, 0.05) is 36.7 Å². The molecule has 4 aliphatic rings. The summed E-state index contributed by atoms with van der Waals surface area (Å²) in [5.41, 5.74) is 4.30. The van der Waals surface area contributed by atoms with Crippen LogP contribution in [0.4, 0.5) is 21.0 Å². The molecule has 8 N–H and O–H groups in total. The van der Waals surface area contributed by atoms with E-state index in [4.69, 9.17) is 19.8 Å². The quantitative estimate of drug-likeness (QED) is 0.144. The second kappa shape index (κ2) is 13.8. The molecule has 56 heavy (non-hydrogen) atoms. The van der Waals surface area contributed by atoms with Gasteiger partial charge in [-0.3, -0.25) is 0 Å². The van der Waals surface area contributed by atoms with Crippen molar-refractivity contribution in [2.75, 3.05) is 17.2 Å². The molecule has 20 heteroatoms. The molecule has 0 fully saturated rings. The second-order valence-electron chi connectivity index (χ2n) is 15.5. The molecule has 0 radical (unpaired) electrons. The number of hydrogen-bond acceptors (Lipinski definition) is 12. The van der Waals surface area contributed by atoms with Crippen molar-refractivity contribution in [3.63, 3.8) is 0 Å². The fraction of sp³-hybridized carbons (Fsp3) is 0.444. The van der Waals surface area contributed by atoms with Crippen LogP contribution in [0.15, 0.2) is 41.9 Å². The van der Waals surface area contributed by atoms with E-state index in [0.29, 0.717) is 64.9 Å².